The summed E-state index contributed by atoms with van der Waals surface area (Å²) in [6, 6.07) is 4.66. The van der Waals surface area contributed by atoms with Crippen LogP contribution in [0.25, 0.3) is 0 Å². The molecule has 2 unspecified atom stereocenters. The number of carbonyl (C=O) groups excluding carboxylic acids is 1. The van der Waals surface area contributed by atoms with Gasteiger partial charge in [0.2, 0.25) is 0 Å². The molecule has 108 valence electrons. The van der Waals surface area contributed by atoms with Gasteiger partial charge in [-0.3, -0.25) is 14.7 Å². The summed E-state index contributed by atoms with van der Waals surface area (Å²) < 4.78 is 0. The van der Waals surface area contributed by atoms with Crippen LogP contribution in [-0.4, -0.2) is 52.4 Å². The van der Waals surface area contributed by atoms with E-state index in [4.69, 9.17) is 0 Å². The first-order valence-corrected chi connectivity index (χ1v) is 7.76. The zero-order valence-electron chi connectivity index (χ0n) is 12.2. The van der Waals surface area contributed by atoms with Crippen molar-refractivity contribution in [3.8, 4) is 0 Å². The number of hydrogen-bond acceptors (Lipinski definition) is 3. The van der Waals surface area contributed by atoms with Gasteiger partial charge in [-0.1, -0.05) is 6.92 Å². The maximum atomic E-state index is 12.7. The number of likely N-dealkylation sites (N-methyl/N-ethyl adjacent to an activating group) is 1. The lowest BCUT2D eigenvalue weighted by Gasteiger charge is -2.34. The molecule has 20 heavy (non-hydrogen) atoms. The highest BCUT2D eigenvalue weighted by atomic mass is 16.2. The van der Waals surface area contributed by atoms with E-state index in [0.29, 0.717) is 12.1 Å². The van der Waals surface area contributed by atoms with Crippen molar-refractivity contribution < 1.29 is 4.79 Å². The quantitative estimate of drug-likeness (QED) is 0.847. The van der Waals surface area contributed by atoms with Crippen LogP contribution in [0.4, 0.5) is 0 Å². The molecule has 0 bridgehead atoms. The molecule has 2 atom stereocenters. The van der Waals surface area contributed by atoms with Crippen LogP contribution < -0.4 is 0 Å². The predicted molar refractivity (Wildman–Crippen MR) is 78.6 cm³/mol. The van der Waals surface area contributed by atoms with E-state index >= 15 is 0 Å². The van der Waals surface area contributed by atoms with E-state index in [0.717, 1.165) is 31.5 Å². The molecule has 1 aromatic heterocycles. The molecule has 1 amide bonds. The van der Waals surface area contributed by atoms with E-state index in [-0.39, 0.29) is 5.91 Å². The van der Waals surface area contributed by atoms with Crippen LogP contribution >= 0.6 is 0 Å². The Kier molecular flexibility index (Phi) is 4.01. The van der Waals surface area contributed by atoms with Crippen molar-refractivity contribution in [3.05, 3.63) is 30.1 Å². The van der Waals surface area contributed by atoms with Gasteiger partial charge in [0.25, 0.3) is 5.91 Å². The molecule has 0 saturated carbocycles. The standard InChI is InChI=1S/C16H23N3O/c1-2-18-10-4-7-14(18)15-8-5-11-19(15)16(20)13-6-3-9-17-12-13/h3,6,9,12,14-15H,2,4-5,7-8,10-11H2,1H3. The highest BCUT2D eigenvalue weighted by molar-refractivity contribution is 5.94. The summed E-state index contributed by atoms with van der Waals surface area (Å²) in [5.74, 6) is 0.156. The van der Waals surface area contributed by atoms with Crippen molar-refractivity contribution in [2.75, 3.05) is 19.6 Å². The van der Waals surface area contributed by atoms with E-state index in [1.54, 1.807) is 12.4 Å². The number of carbonyl (C=O) groups is 1. The molecular formula is C16H23N3O. The van der Waals surface area contributed by atoms with E-state index in [9.17, 15) is 4.79 Å². The minimum Gasteiger partial charge on any atom is -0.334 e. The molecular weight excluding hydrogens is 250 g/mol. The zero-order chi connectivity index (χ0) is 13.9. The average molecular weight is 273 g/mol. The number of likely N-dealkylation sites (tertiary alicyclic amines) is 2. The van der Waals surface area contributed by atoms with Gasteiger partial charge in [0.15, 0.2) is 0 Å². The van der Waals surface area contributed by atoms with Crippen LogP contribution in [0.15, 0.2) is 24.5 Å². The number of aromatic nitrogens is 1. The Balaban J connectivity index is 1.77. The Morgan fingerprint density at radius 2 is 2.10 bits per heavy atom. The summed E-state index contributed by atoms with van der Waals surface area (Å²) in [6.07, 6.45) is 8.18. The molecule has 2 saturated heterocycles. The number of pyridine rings is 1. The third kappa shape index (κ3) is 2.44. The van der Waals surface area contributed by atoms with Crippen molar-refractivity contribution in [2.24, 2.45) is 0 Å². The Morgan fingerprint density at radius 1 is 1.30 bits per heavy atom. The fourth-order valence-electron chi connectivity index (χ4n) is 3.78. The van der Waals surface area contributed by atoms with Crippen LogP contribution in [0.1, 0.15) is 43.0 Å². The first kappa shape index (κ1) is 13.6. The maximum Gasteiger partial charge on any atom is 0.255 e. The summed E-state index contributed by atoms with van der Waals surface area (Å²) in [5, 5.41) is 0. The zero-order valence-corrected chi connectivity index (χ0v) is 12.2. The fraction of sp³-hybridized carbons (Fsp3) is 0.625. The van der Waals surface area contributed by atoms with Crippen molar-refractivity contribution >= 4 is 5.91 Å². The smallest absolute Gasteiger partial charge is 0.255 e. The Bertz CT molecular complexity index is 462. The first-order valence-electron chi connectivity index (χ1n) is 7.76. The topological polar surface area (TPSA) is 36.4 Å². The molecule has 1 aromatic rings. The molecule has 0 radical (unpaired) electrons. The predicted octanol–water partition coefficient (Wildman–Crippen LogP) is 2.17. The van der Waals surface area contributed by atoms with E-state index in [1.807, 2.05) is 12.1 Å². The maximum absolute atomic E-state index is 12.7. The summed E-state index contributed by atoms with van der Waals surface area (Å²) in [5.41, 5.74) is 0.723. The van der Waals surface area contributed by atoms with E-state index < -0.39 is 0 Å². The van der Waals surface area contributed by atoms with Crippen molar-refractivity contribution in [1.29, 1.82) is 0 Å². The van der Waals surface area contributed by atoms with Gasteiger partial charge in [0.1, 0.15) is 0 Å². The molecule has 4 nitrogen and oxygen atoms in total. The number of hydrogen-bond donors (Lipinski definition) is 0. The minimum absolute atomic E-state index is 0.156. The molecule has 3 rings (SSSR count). The second-order valence-electron chi connectivity index (χ2n) is 5.79. The van der Waals surface area contributed by atoms with Crippen LogP contribution in [0.2, 0.25) is 0 Å². The Morgan fingerprint density at radius 3 is 2.85 bits per heavy atom. The Labute approximate surface area is 120 Å². The molecule has 4 heteroatoms. The fourth-order valence-corrected chi connectivity index (χ4v) is 3.78. The van der Waals surface area contributed by atoms with Crippen molar-refractivity contribution in [2.45, 2.75) is 44.7 Å². The van der Waals surface area contributed by atoms with Gasteiger partial charge in [-0.25, -0.2) is 0 Å². The molecule has 2 fully saturated rings. The molecule has 0 aromatic carbocycles. The summed E-state index contributed by atoms with van der Waals surface area (Å²) >= 11 is 0. The molecule has 2 aliphatic heterocycles. The van der Waals surface area contributed by atoms with Crippen molar-refractivity contribution in [1.82, 2.24) is 14.8 Å². The van der Waals surface area contributed by atoms with Crippen LogP contribution in [0, 0.1) is 0 Å². The van der Waals surface area contributed by atoms with Crippen LogP contribution in [0.5, 0.6) is 0 Å². The lowest BCUT2D eigenvalue weighted by molar-refractivity contribution is 0.0649. The highest BCUT2D eigenvalue weighted by Crippen LogP contribution is 2.30. The summed E-state index contributed by atoms with van der Waals surface area (Å²) in [6.45, 7) is 5.40. The molecule has 3 heterocycles. The molecule has 0 spiro atoms. The van der Waals surface area contributed by atoms with Gasteiger partial charge in [0, 0.05) is 31.0 Å². The lowest BCUT2D eigenvalue weighted by Crippen LogP contribution is -2.48. The summed E-state index contributed by atoms with van der Waals surface area (Å²) in [7, 11) is 0. The van der Waals surface area contributed by atoms with Gasteiger partial charge >= 0.3 is 0 Å². The van der Waals surface area contributed by atoms with Gasteiger partial charge < -0.3 is 4.90 Å². The lowest BCUT2D eigenvalue weighted by atomic mass is 10.0. The third-order valence-corrected chi connectivity index (χ3v) is 4.73. The molecule has 0 aliphatic carbocycles. The third-order valence-electron chi connectivity index (χ3n) is 4.73. The largest absolute Gasteiger partial charge is 0.334 e. The van der Waals surface area contributed by atoms with E-state index in [2.05, 4.69) is 21.7 Å². The van der Waals surface area contributed by atoms with Gasteiger partial charge in [-0.05, 0) is 50.9 Å². The SMILES string of the molecule is CCN1CCCC1C1CCCN1C(=O)c1cccnc1. The Hall–Kier alpha value is -1.42. The molecule has 2 aliphatic rings. The monoisotopic (exact) mass is 273 g/mol. The average Bonchev–Trinajstić information content (AvgIpc) is 3.15. The minimum atomic E-state index is 0.156. The second-order valence-corrected chi connectivity index (χ2v) is 5.79. The second kappa shape index (κ2) is 5.92. The van der Waals surface area contributed by atoms with Gasteiger partial charge in [-0.15, -0.1) is 0 Å². The summed E-state index contributed by atoms with van der Waals surface area (Å²) in [4.78, 5) is 21.4. The van der Waals surface area contributed by atoms with Crippen molar-refractivity contribution in [3.63, 3.8) is 0 Å². The van der Waals surface area contributed by atoms with E-state index in [1.165, 1.54) is 19.4 Å². The van der Waals surface area contributed by atoms with Gasteiger partial charge in [-0.2, -0.15) is 0 Å². The van der Waals surface area contributed by atoms with Crippen LogP contribution in [-0.2, 0) is 0 Å². The number of rotatable bonds is 3. The van der Waals surface area contributed by atoms with Crippen LogP contribution in [0.3, 0.4) is 0 Å². The molecule has 0 N–H and O–H groups in total. The first-order chi connectivity index (χ1) is 9.81. The normalized spacial score (nSPS) is 27.1. The number of amides is 1. The number of nitrogens with zero attached hydrogens (tertiary/aromatic N) is 3. The van der Waals surface area contributed by atoms with Gasteiger partial charge in [0.05, 0.1) is 5.56 Å². The highest BCUT2D eigenvalue weighted by Gasteiger charge is 2.39.